The molecule has 0 saturated heterocycles. The molecular formula is C26H22FNO3S. The summed E-state index contributed by atoms with van der Waals surface area (Å²) in [5.74, 6) is 0.434. The summed E-state index contributed by atoms with van der Waals surface area (Å²) < 4.78 is 26.1. The molecule has 2 aromatic carbocycles. The Morgan fingerprint density at radius 1 is 1.19 bits per heavy atom. The zero-order chi connectivity index (χ0) is 22.2. The molecule has 3 aromatic rings. The van der Waals surface area contributed by atoms with Crippen LogP contribution in [0.1, 0.15) is 53.4 Å². The number of carbonyl (C=O) groups is 1. The van der Waals surface area contributed by atoms with Crippen molar-refractivity contribution in [3.05, 3.63) is 75.2 Å². The van der Waals surface area contributed by atoms with E-state index in [1.54, 1.807) is 6.07 Å². The predicted octanol–water partition coefficient (Wildman–Crippen LogP) is 6.16. The van der Waals surface area contributed by atoms with Crippen molar-refractivity contribution in [1.29, 1.82) is 5.26 Å². The summed E-state index contributed by atoms with van der Waals surface area (Å²) in [4.78, 5) is 12.5. The summed E-state index contributed by atoms with van der Waals surface area (Å²) in [7, 11) is 0. The second-order valence-electron chi connectivity index (χ2n) is 8.18. The Hall–Kier alpha value is -3.17. The van der Waals surface area contributed by atoms with E-state index in [0.717, 1.165) is 28.7 Å². The molecule has 0 spiro atoms. The first kappa shape index (κ1) is 20.7. The minimum absolute atomic E-state index is 0.0497. The van der Waals surface area contributed by atoms with Crippen molar-refractivity contribution in [2.45, 2.75) is 38.2 Å². The molecule has 162 valence electrons. The number of ether oxygens (including phenoxy) is 2. The maximum Gasteiger partial charge on any atom is 0.309 e. The number of fused-ring (bicyclic) bond motifs is 1. The number of benzene rings is 2. The van der Waals surface area contributed by atoms with Gasteiger partial charge in [-0.3, -0.25) is 4.79 Å². The number of carbonyl (C=O) groups excluding carboxylic acids is 1. The normalized spacial score (nSPS) is 21.0. The molecule has 32 heavy (non-hydrogen) atoms. The number of rotatable bonds is 6. The van der Waals surface area contributed by atoms with Crippen LogP contribution in [-0.4, -0.2) is 12.6 Å². The summed E-state index contributed by atoms with van der Waals surface area (Å²) in [6.07, 6.45) is 1.84. The van der Waals surface area contributed by atoms with E-state index in [1.807, 2.05) is 42.6 Å². The number of thiophene rings is 1. The van der Waals surface area contributed by atoms with Gasteiger partial charge in [-0.15, -0.1) is 11.3 Å². The van der Waals surface area contributed by atoms with Gasteiger partial charge in [0, 0.05) is 11.1 Å². The fraction of sp³-hybridized carbons (Fsp3) is 0.308. The van der Waals surface area contributed by atoms with Crippen LogP contribution in [0.5, 0.6) is 5.75 Å². The highest BCUT2D eigenvalue weighted by atomic mass is 32.1. The van der Waals surface area contributed by atoms with E-state index in [0.29, 0.717) is 35.6 Å². The lowest BCUT2D eigenvalue weighted by Crippen LogP contribution is -2.07. The second-order valence-corrected chi connectivity index (χ2v) is 9.09. The topological polar surface area (TPSA) is 59.3 Å². The van der Waals surface area contributed by atoms with E-state index < -0.39 is 0 Å². The highest BCUT2D eigenvalue weighted by Crippen LogP contribution is 2.49. The first-order valence-corrected chi connectivity index (χ1v) is 11.7. The van der Waals surface area contributed by atoms with Gasteiger partial charge >= 0.3 is 5.97 Å². The third-order valence-corrected chi connectivity index (χ3v) is 7.12. The van der Waals surface area contributed by atoms with Crippen LogP contribution in [0, 0.1) is 23.1 Å². The van der Waals surface area contributed by atoms with Crippen LogP contribution < -0.4 is 4.74 Å². The first-order chi connectivity index (χ1) is 15.6. The highest BCUT2D eigenvalue weighted by molar-refractivity contribution is 7.11. The van der Waals surface area contributed by atoms with Crippen molar-refractivity contribution in [2.24, 2.45) is 5.92 Å². The molecule has 1 heterocycles. The van der Waals surface area contributed by atoms with Gasteiger partial charge in [0.2, 0.25) is 0 Å². The number of nitrogens with zero attached hydrogens (tertiary/aromatic N) is 1. The summed E-state index contributed by atoms with van der Waals surface area (Å²) in [6.45, 7) is 2.22. The lowest BCUT2D eigenvalue weighted by Gasteiger charge is -2.17. The van der Waals surface area contributed by atoms with E-state index in [-0.39, 0.29) is 29.7 Å². The van der Waals surface area contributed by atoms with E-state index >= 15 is 0 Å². The predicted molar refractivity (Wildman–Crippen MR) is 120 cm³/mol. The Labute approximate surface area is 190 Å². The molecule has 2 aliphatic carbocycles. The third kappa shape index (κ3) is 3.67. The number of halogens is 1. The minimum Gasteiger partial charge on any atom is -0.486 e. The maximum absolute atomic E-state index is 14.8. The average Bonchev–Trinajstić information content (AvgIpc) is 3.27. The highest BCUT2D eigenvalue weighted by Gasteiger charge is 2.45. The van der Waals surface area contributed by atoms with Gasteiger partial charge in [0.15, 0.2) is 0 Å². The first-order valence-electron chi connectivity index (χ1n) is 10.8. The zero-order valence-corrected chi connectivity index (χ0v) is 18.5. The van der Waals surface area contributed by atoms with Crippen molar-refractivity contribution in [3.63, 3.8) is 0 Å². The Kier molecular flexibility index (Phi) is 5.44. The molecule has 0 amide bonds. The number of esters is 1. The van der Waals surface area contributed by atoms with Crippen LogP contribution in [0.25, 0.3) is 11.1 Å². The summed E-state index contributed by atoms with van der Waals surface area (Å²) in [5.41, 5.74) is 4.39. The standard InChI is InChI=1S/C26H22FNO3S/c1-2-30-26(29)21-13-20(21)15-3-5-16(6-4-15)31-23-10-8-19-17(7-9-22(27)25(19)23)18-11-12-32-24(18)14-28/h3-7,9,11-12,20-21,23H,2,8,10,13H2,1H3/t20-,21+,23-/m1/s1. The molecule has 0 N–H and O–H groups in total. The van der Waals surface area contributed by atoms with Gasteiger partial charge in [0.1, 0.15) is 28.6 Å². The minimum atomic E-state index is -0.367. The molecule has 0 bridgehead atoms. The molecule has 5 rings (SSSR count). The van der Waals surface area contributed by atoms with Gasteiger partial charge in [-0.2, -0.15) is 5.26 Å². The number of hydrogen-bond acceptors (Lipinski definition) is 5. The monoisotopic (exact) mass is 447 g/mol. The van der Waals surface area contributed by atoms with E-state index in [1.165, 1.54) is 17.4 Å². The van der Waals surface area contributed by atoms with Crippen LogP contribution in [0.3, 0.4) is 0 Å². The van der Waals surface area contributed by atoms with Crippen molar-refractivity contribution in [3.8, 4) is 22.9 Å². The van der Waals surface area contributed by atoms with Crippen molar-refractivity contribution in [1.82, 2.24) is 0 Å². The van der Waals surface area contributed by atoms with Gasteiger partial charge in [-0.1, -0.05) is 18.2 Å². The molecule has 0 unspecified atom stereocenters. The smallest absolute Gasteiger partial charge is 0.309 e. The lowest BCUT2D eigenvalue weighted by atomic mass is 9.96. The molecule has 4 nitrogen and oxygen atoms in total. The summed E-state index contributed by atoms with van der Waals surface area (Å²) in [6, 6.07) is 15.1. The van der Waals surface area contributed by atoms with Gasteiger partial charge in [0.05, 0.1) is 12.5 Å². The Morgan fingerprint density at radius 2 is 2.00 bits per heavy atom. The largest absolute Gasteiger partial charge is 0.486 e. The van der Waals surface area contributed by atoms with Crippen LogP contribution in [-0.2, 0) is 16.0 Å². The maximum atomic E-state index is 14.8. The fourth-order valence-electron chi connectivity index (χ4n) is 4.68. The van der Waals surface area contributed by atoms with Gasteiger partial charge in [0.25, 0.3) is 0 Å². The number of nitriles is 1. The van der Waals surface area contributed by atoms with Crippen molar-refractivity contribution < 1.29 is 18.7 Å². The third-order valence-electron chi connectivity index (χ3n) is 6.31. The van der Waals surface area contributed by atoms with Crippen molar-refractivity contribution in [2.75, 3.05) is 6.61 Å². The molecule has 0 aliphatic heterocycles. The molecule has 1 fully saturated rings. The fourth-order valence-corrected chi connectivity index (χ4v) is 5.38. The molecule has 1 saturated carbocycles. The number of hydrogen-bond donors (Lipinski definition) is 0. The Morgan fingerprint density at radius 3 is 2.75 bits per heavy atom. The van der Waals surface area contributed by atoms with Crippen LogP contribution in [0.4, 0.5) is 4.39 Å². The lowest BCUT2D eigenvalue weighted by molar-refractivity contribution is -0.144. The van der Waals surface area contributed by atoms with E-state index in [4.69, 9.17) is 9.47 Å². The Bertz CT molecular complexity index is 1210. The quantitative estimate of drug-likeness (QED) is 0.425. The second kappa shape index (κ2) is 8.40. The average molecular weight is 448 g/mol. The van der Waals surface area contributed by atoms with Gasteiger partial charge in [-0.25, -0.2) is 4.39 Å². The Balaban J connectivity index is 1.34. The molecular weight excluding hydrogens is 425 g/mol. The summed E-state index contributed by atoms with van der Waals surface area (Å²) >= 11 is 1.40. The molecule has 2 aliphatic rings. The molecule has 3 atom stereocenters. The summed E-state index contributed by atoms with van der Waals surface area (Å²) in [5, 5.41) is 11.3. The van der Waals surface area contributed by atoms with E-state index in [9.17, 15) is 14.4 Å². The van der Waals surface area contributed by atoms with Crippen molar-refractivity contribution >= 4 is 17.3 Å². The molecule has 1 aromatic heterocycles. The SMILES string of the molecule is CCOC(=O)[C@H]1C[C@@H]1c1ccc(O[C@@H]2CCc3c(-c4ccsc4C#N)ccc(F)c32)cc1. The zero-order valence-electron chi connectivity index (χ0n) is 17.6. The molecule has 0 radical (unpaired) electrons. The van der Waals surface area contributed by atoms with Crippen LogP contribution in [0.15, 0.2) is 47.8 Å². The van der Waals surface area contributed by atoms with Gasteiger partial charge in [-0.05, 0) is 78.4 Å². The molecule has 6 heteroatoms. The van der Waals surface area contributed by atoms with Crippen LogP contribution >= 0.6 is 11.3 Å². The van der Waals surface area contributed by atoms with E-state index in [2.05, 4.69) is 6.07 Å². The van der Waals surface area contributed by atoms with Gasteiger partial charge < -0.3 is 9.47 Å². The van der Waals surface area contributed by atoms with Crippen LogP contribution in [0.2, 0.25) is 0 Å².